The van der Waals surface area contributed by atoms with Gasteiger partial charge in [-0.25, -0.2) is 107 Å². The maximum Gasteiger partial charge on any atom is 0.219 e. The molecule has 0 bridgehead atoms. The van der Waals surface area contributed by atoms with E-state index in [1.54, 1.807) is 277 Å². The first-order chi connectivity index (χ1) is 70.4. The van der Waals surface area contributed by atoms with Crippen molar-refractivity contribution in [3.63, 3.8) is 0 Å². The van der Waals surface area contributed by atoms with Crippen molar-refractivity contribution in [3.8, 4) is 124 Å². The van der Waals surface area contributed by atoms with Gasteiger partial charge < -0.3 is 50.4 Å². The molecule has 0 fully saturated rings. The number of rotatable bonds is 25. The highest BCUT2D eigenvalue weighted by molar-refractivity contribution is 7.93. The number of anilines is 1. The second kappa shape index (κ2) is 42.9. The van der Waals surface area contributed by atoms with E-state index in [2.05, 4.69) is 91.8 Å². The highest BCUT2D eigenvalue weighted by atomic mass is 32.2. The first-order valence-electron chi connectivity index (χ1n) is 46.9. The minimum absolute atomic E-state index is 0. The van der Waals surface area contributed by atoms with E-state index < -0.39 is 75.4 Å². The van der Waals surface area contributed by atoms with Crippen LogP contribution < -0.4 is 10.5 Å². The lowest BCUT2D eigenvalue weighted by Crippen LogP contribution is -2.15. The molecule has 21 aromatic rings. The van der Waals surface area contributed by atoms with Crippen molar-refractivity contribution in [1.29, 1.82) is 0 Å². The molecule has 0 aliphatic heterocycles. The minimum Gasteiger partial charge on any atom is -0.507 e. The molecule has 9 N–H and O–H groups in total. The number of nitrogen functional groups attached to an aromatic ring is 1. The van der Waals surface area contributed by atoms with Gasteiger partial charge in [0.25, 0.3) is 0 Å². The first-order valence-corrected chi connectivity index (χ1v) is 54.6. The number of nitrogens with zero attached hydrogens (tertiary/aromatic N) is 15. The molecule has 0 spiro atoms. The number of pyridine rings is 2. The van der Waals surface area contributed by atoms with Crippen LogP contribution in [0.4, 0.5) is 5.95 Å². The summed E-state index contributed by atoms with van der Waals surface area (Å²) in [4.78, 5) is 85.1. The predicted molar refractivity (Wildman–Crippen MR) is 590 cm³/mol. The smallest absolute Gasteiger partial charge is 0.219 e. The number of H-pyrrole nitrogens is 6. The van der Waals surface area contributed by atoms with Gasteiger partial charge in [-0.15, -0.1) is 0 Å². The Balaban J connectivity index is 0.000000212. The number of hydrogen-bond donors (Lipinski definition) is 8. The Morgan fingerprint density at radius 3 is 0.973 bits per heavy atom. The van der Waals surface area contributed by atoms with Crippen LogP contribution in [0.15, 0.2) is 318 Å². The third kappa shape index (κ3) is 22.0. The van der Waals surface area contributed by atoms with E-state index in [-0.39, 0.29) is 28.0 Å². The Labute approximate surface area is 860 Å². The Morgan fingerprint density at radius 2 is 0.633 bits per heavy atom. The van der Waals surface area contributed by atoms with Crippen LogP contribution in [0.3, 0.4) is 0 Å². The quantitative estimate of drug-likeness (QED) is 0.0246. The van der Waals surface area contributed by atoms with Crippen molar-refractivity contribution in [2.45, 2.75) is 126 Å². The Morgan fingerprint density at radius 1 is 0.320 bits per heavy atom. The van der Waals surface area contributed by atoms with Crippen LogP contribution in [0.1, 0.15) is 87.1 Å². The van der Waals surface area contributed by atoms with Crippen LogP contribution in [0.25, 0.3) is 179 Å². The number of sulfone groups is 5. The number of hydrogen-bond acceptors (Lipinski definition) is 28. The molecular weight excluding hydrogens is 1960 g/mol. The fraction of sp³-hybridized carbons (Fsp3) is 0.185. The summed E-state index contributed by atoms with van der Waals surface area (Å²) in [6.45, 7) is 18.3. The van der Waals surface area contributed by atoms with Crippen molar-refractivity contribution in [1.82, 2.24) is 105 Å². The SMILES string of the molecule is CC(C)S(=O)(=O)c1ccc(-c2cnc3[nH]cc(-c4ccc(OCCCN(C)C)nc4)c3n2)cc1.CC(C)S(=O)(=O)c1ccc(-c2cnc3[nH]cc(-c4cccc5[nH]ccc45)c3n2)cc1.CC(C)S(=O)(=O)c1ccc(-c2cnc3[nH]cc(-c4ccccc4O)c3n2)cc1.CC(C)S(=O)(=O)c1ccc(-c2cnc3[nH]cc(-c4ccncc4)c3n2)cc1.CC(C)S(=O)(=O)c1ccc(-c2cnc3[nH]cc(-c4cnc(N)nc4)c3n2)cc1.[HH].[HH].[HH].[HH].[HH].[HH].[HH].[HH]. The molecule has 0 aliphatic carbocycles. The highest BCUT2D eigenvalue weighted by Gasteiger charge is 2.27. The molecule has 14 heterocycles. The molecule has 0 atom stereocenters. The minimum atomic E-state index is -3.32. The fourth-order valence-corrected chi connectivity index (χ4v) is 21.2. The number of nitrogens with one attached hydrogen (secondary N) is 6. The molecule has 0 saturated heterocycles. The van der Waals surface area contributed by atoms with Gasteiger partial charge >= 0.3 is 0 Å². The average Bonchev–Trinajstić information content (AvgIpc) is 1.62. The van der Waals surface area contributed by atoms with Gasteiger partial charge in [-0.2, -0.15) is 0 Å². The number of ether oxygens (including phenoxy) is 1. The molecule has 39 heteroatoms. The number of phenols is 1. The van der Waals surface area contributed by atoms with Gasteiger partial charge in [-0.05, 0) is 198 Å². The average molecular weight is 2080 g/mol. The van der Waals surface area contributed by atoms with Crippen LogP contribution in [0.2, 0.25) is 0 Å². The number of para-hydroxylation sites is 1. The van der Waals surface area contributed by atoms with Crippen molar-refractivity contribution in [2.75, 3.05) is 33.0 Å². The molecule has 14 aromatic heterocycles. The van der Waals surface area contributed by atoms with E-state index >= 15 is 0 Å². The summed E-state index contributed by atoms with van der Waals surface area (Å²) in [6.07, 6.45) is 28.9. The third-order valence-electron chi connectivity index (χ3n) is 24.5. The van der Waals surface area contributed by atoms with Crippen LogP contribution in [0, 0.1) is 0 Å². The van der Waals surface area contributed by atoms with E-state index in [1.807, 2.05) is 87.4 Å². The van der Waals surface area contributed by atoms with E-state index in [9.17, 15) is 47.2 Å². The second-order valence-corrected chi connectivity index (χ2v) is 48.6. The molecule has 21 rings (SSSR count). The second-order valence-electron chi connectivity index (χ2n) is 36.1. The van der Waals surface area contributed by atoms with E-state index in [4.69, 9.17) is 35.4 Å². The lowest BCUT2D eigenvalue weighted by Gasteiger charge is -2.10. The molecule has 7 aromatic carbocycles. The van der Waals surface area contributed by atoms with Crippen LogP contribution >= 0.6 is 0 Å². The van der Waals surface area contributed by atoms with Gasteiger partial charge in [-0.1, -0.05) is 91.0 Å². The van der Waals surface area contributed by atoms with Crippen LogP contribution in [-0.4, -0.2) is 205 Å². The Bertz CT molecular complexity index is 9010. The Hall–Kier alpha value is -16.3. The lowest BCUT2D eigenvalue weighted by atomic mass is 10.0. The van der Waals surface area contributed by atoms with Gasteiger partial charge in [0.05, 0.1) is 117 Å². The lowest BCUT2D eigenvalue weighted by molar-refractivity contribution is 0.273. The molecule has 147 heavy (non-hydrogen) atoms. The van der Waals surface area contributed by atoms with Gasteiger partial charge in [0.2, 0.25) is 11.8 Å². The van der Waals surface area contributed by atoms with Gasteiger partial charge in [-0.3, -0.25) is 4.98 Å². The van der Waals surface area contributed by atoms with Crippen LogP contribution in [0.5, 0.6) is 11.6 Å². The number of aromatic amines is 6. The molecule has 764 valence electrons. The summed E-state index contributed by atoms with van der Waals surface area (Å²) in [6, 6.07) is 56.6. The third-order valence-corrected chi connectivity index (χ3v) is 35.4. The number of aromatic nitrogens is 20. The molecule has 0 saturated carbocycles. The molecule has 0 amide bonds. The van der Waals surface area contributed by atoms with Crippen molar-refractivity contribution in [3.05, 3.63) is 293 Å². The normalized spacial score (nSPS) is 12.0. The number of benzene rings is 7. The van der Waals surface area contributed by atoms with Gasteiger partial charge in [0.15, 0.2) is 77.4 Å². The Kier molecular flexibility index (Phi) is 29.8. The zero-order valence-electron chi connectivity index (χ0n) is 82.0. The summed E-state index contributed by atoms with van der Waals surface area (Å²) in [5.41, 5.74) is 29.5. The molecular formula is C108H120N22O12S5. The van der Waals surface area contributed by atoms with E-state index in [0.717, 1.165) is 118 Å². The van der Waals surface area contributed by atoms with Crippen molar-refractivity contribution in [2.24, 2.45) is 0 Å². The molecule has 34 nitrogen and oxygen atoms in total. The van der Waals surface area contributed by atoms with Crippen LogP contribution in [-0.2, 0) is 49.2 Å². The largest absolute Gasteiger partial charge is 0.507 e. The predicted octanol–water partition coefficient (Wildman–Crippen LogP) is 22.0. The molecule has 0 unspecified atom stereocenters. The number of aromatic hydroxyl groups is 1. The molecule has 0 aliphatic rings. The van der Waals surface area contributed by atoms with Gasteiger partial charge in [0, 0.05) is 175 Å². The highest BCUT2D eigenvalue weighted by Crippen LogP contribution is 2.40. The number of fused-ring (bicyclic) bond motifs is 6. The van der Waals surface area contributed by atoms with E-state index in [0.29, 0.717) is 105 Å². The van der Waals surface area contributed by atoms with Crippen molar-refractivity contribution < 1.29 is 63.3 Å². The van der Waals surface area contributed by atoms with E-state index in [1.165, 1.54) is 0 Å². The van der Waals surface area contributed by atoms with Crippen molar-refractivity contribution >= 4 is 122 Å². The number of phenolic OH excluding ortho intramolecular Hbond substituents is 1. The monoisotopic (exact) mass is 2080 g/mol. The topological polar surface area (TPSA) is 505 Å². The molecule has 0 radical (unpaired) electrons. The number of nitrogens with two attached hydrogens (primary N) is 1. The maximum absolute atomic E-state index is 12.4. The maximum atomic E-state index is 12.4. The summed E-state index contributed by atoms with van der Waals surface area (Å²) >= 11 is 0. The zero-order chi connectivity index (χ0) is 104. The van der Waals surface area contributed by atoms with Gasteiger partial charge in [0.1, 0.15) is 33.3 Å². The standard InChI is InChI=1S/C25H29N5O3S.C23H20N4O2S.C21H19N3O3S.C20H18N4O2S.C19H18N6O2S.8H2/c1-17(2)34(31,32)20-9-6-18(7-10-20)22-16-28-25-24(29-22)21(15-27-25)19-8-11-23(26-14-19)33-13-5-12-30(3)4;1-14(2)30(28,29)16-8-6-15(7-9-16)21-13-26-23-22(27-21)19(12-25-23)17-4-3-5-20-18(17)10-11-24-20;1-13(2)28(26,27)15-9-7-14(8-10-15)18-12-23-21-20(24-18)17(11-22-21)16-5-3-4-6-19(16)25;1-13(2)27(25,26)16-5-3-15(4-6-16)18-12-23-20-19(24-18)17(11-22-20)14-7-9-21-10-8-14;1-11(2)28(26,27)14-5-3-12(4-6-14)16-10-22-18-17(25-16)15(9-21-18)13-7-23-19(20)24-8-13;;;;;;;;/h6-11,14-17H,5,12-13H2,1-4H3,(H,27,28);3-14,24H,1-2H3,(H,25,26);3-13,25H,1-2H3,(H,22,23);3-13H,1-2H3,(H,22,23);3-11H,1-2H3,(H,21,22)(H2,20,23,24);8*1H. The summed E-state index contributed by atoms with van der Waals surface area (Å²) in [5.74, 6) is 0.955. The summed E-state index contributed by atoms with van der Waals surface area (Å²) in [5, 5.41) is 8.94. The zero-order valence-corrected chi connectivity index (χ0v) is 86.1. The fourth-order valence-electron chi connectivity index (χ4n) is 15.9. The summed E-state index contributed by atoms with van der Waals surface area (Å²) in [7, 11) is -12.5. The summed E-state index contributed by atoms with van der Waals surface area (Å²) < 4.78 is 129. The first kappa shape index (κ1) is 102.